The summed E-state index contributed by atoms with van der Waals surface area (Å²) in [6.45, 7) is -0.264. The van der Waals surface area contributed by atoms with E-state index in [1.54, 1.807) is 6.07 Å². The minimum atomic E-state index is -3.83. The van der Waals surface area contributed by atoms with Crippen molar-refractivity contribution in [1.82, 2.24) is 4.31 Å². The number of hydrogen-bond acceptors (Lipinski definition) is 5. The SMILES string of the molecule is CN(Cc1ccccc1)S(=O)(=O)c1ccc(Cl)c(C(=O)OCC#N)c1. The van der Waals surface area contributed by atoms with Gasteiger partial charge in [0.05, 0.1) is 15.5 Å². The maximum Gasteiger partial charge on any atom is 0.340 e. The van der Waals surface area contributed by atoms with Crippen LogP contribution in [0.1, 0.15) is 15.9 Å². The number of carbonyl (C=O) groups excluding carboxylic acids is 1. The van der Waals surface area contributed by atoms with E-state index in [1.165, 1.54) is 23.5 Å². The first-order valence-corrected chi connectivity index (χ1v) is 9.02. The molecule has 0 saturated carbocycles. The van der Waals surface area contributed by atoms with Crippen molar-refractivity contribution in [3.05, 3.63) is 64.7 Å². The number of hydrogen-bond donors (Lipinski definition) is 0. The van der Waals surface area contributed by atoms with Crippen LogP contribution in [0, 0.1) is 11.3 Å². The maximum absolute atomic E-state index is 12.7. The molecule has 2 aromatic rings. The van der Waals surface area contributed by atoms with Crippen molar-refractivity contribution in [3.8, 4) is 6.07 Å². The lowest BCUT2D eigenvalue weighted by Gasteiger charge is -2.18. The first-order chi connectivity index (χ1) is 11.9. The molecule has 0 amide bonds. The summed E-state index contributed by atoms with van der Waals surface area (Å²) >= 11 is 5.94. The number of benzene rings is 2. The normalized spacial score (nSPS) is 11.1. The second-order valence-corrected chi connectivity index (χ2v) is 7.57. The Hall–Kier alpha value is -2.40. The van der Waals surface area contributed by atoms with Crippen molar-refractivity contribution >= 4 is 27.6 Å². The standard InChI is InChI=1S/C17H15ClN2O4S/c1-20(12-13-5-3-2-4-6-13)25(22,23)14-7-8-16(18)15(11-14)17(21)24-10-9-19/h2-8,11H,10,12H2,1H3. The Balaban J connectivity index is 2.30. The molecule has 0 saturated heterocycles. The molecule has 6 nitrogen and oxygen atoms in total. The third-order valence-corrected chi connectivity index (χ3v) is 5.51. The Labute approximate surface area is 151 Å². The fraction of sp³-hybridized carbons (Fsp3) is 0.176. The zero-order chi connectivity index (χ0) is 18.4. The minimum absolute atomic E-state index is 0.0487. The lowest BCUT2D eigenvalue weighted by molar-refractivity contribution is 0.0555. The van der Waals surface area contributed by atoms with Gasteiger partial charge in [-0.15, -0.1) is 0 Å². The Morgan fingerprint density at radius 1 is 1.24 bits per heavy atom. The van der Waals surface area contributed by atoms with Crippen molar-refractivity contribution in [3.63, 3.8) is 0 Å². The molecule has 0 aliphatic heterocycles. The molecule has 0 N–H and O–H groups in total. The van der Waals surface area contributed by atoms with Crippen LogP contribution in [-0.2, 0) is 21.3 Å². The highest BCUT2D eigenvalue weighted by Crippen LogP contribution is 2.24. The maximum atomic E-state index is 12.7. The van der Waals surface area contributed by atoms with Gasteiger partial charge in [0.2, 0.25) is 10.0 Å². The molecule has 0 heterocycles. The molecular weight excluding hydrogens is 364 g/mol. The van der Waals surface area contributed by atoms with Crippen molar-refractivity contribution in [2.45, 2.75) is 11.4 Å². The van der Waals surface area contributed by atoms with Crippen LogP contribution >= 0.6 is 11.6 Å². The van der Waals surface area contributed by atoms with Crippen LogP contribution in [0.3, 0.4) is 0 Å². The van der Waals surface area contributed by atoms with E-state index in [9.17, 15) is 13.2 Å². The van der Waals surface area contributed by atoms with Gasteiger partial charge in [-0.25, -0.2) is 13.2 Å². The van der Waals surface area contributed by atoms with E-state index in [-0.39, 0.29) is 22.0 Å². The lowest BCUT2D eigenvalue weighted by atomic mass is 10.2. The van der Waals surface area contributed by atoms with E-state index >= 15 is 0 Å². The van der Waals surface area contributed by atoms with Crippen molar-refractivity contribution in [2.24, 2.45) is 0 Å². The van der Waals surface area contributed by atoms with E-state index < -0.39 is 22.6 Å². The Bertz CT molecular complexity index is 908. The Kier molecular flexibility index (Phi) is 6.15. The van der Waals surface area contributed by atoms with Crippen LogP contribution < -0.4 is 0 Å². The molecule has 0 aliphatic carbocycles. The molecule has 2 aromatic carbocycles. The van der Waals surface area contributed by atoms with Crippen LogP contribution in [0.25, 0.3) is 0 Å². The van der Waals surface area contributed by atoms with Crippen LogP contribution in [-0.4, -0.2) is 32.3 Å². The average molecular weight is 379 g/mol. The highest BCUT2D eigenvalue weighted by atomic mass is 35.5. The van der Waals surface area contributed by atoms with E-state index in [2.05, 4.69) is 4.74 Å². The second kappa shape index (κ2) is 8.12. The molecule has 8 heteroatoms. The number of carbonyl (C=O) groups is 1. The molecule has 2 rings (SSSR count). The molecule has 0 fully saturated rings. The van der Waals surface area contributed by atoms with Crippen LogP contribution in [0.5, 0.6) is 0 Å². The molecular formula is C17H15ClN2O4S. The second-order valence-electron chi connectivity index (χ2n) is 5.12. The van der Waals surface area contributed by atoms with Gasteiger partial charge < -0.3 is 4.74 Å². The number of ether oxygens (including phenoxy) is 1. The van der Waals surface area contributed by atoms with Crippen molar-refractivity contribution in [1.29, 1.82) is 5.26 Å². The quantitative estimate of drug-likeness (QED) is 0.721. The summed E-state index contributed by atoms with van der Waals surface area (Å²) < 4.78 is 31.3. The third-order valence-electron chi connectivity index (χ3n) is 3.38. The topological polar surface area (TPSA) is 87.5 Å². The highest BCUT2D eigenvalue weighted by Gasteiger charge is 2.24. The summed E-state index contributed by atoms with van der Waals surface area (Å²) in [7, 11) is -2.38. The summed E-state index contributed by atoms with van der Waals surface area (Å²) in [6.07, 6.45) is 0. The summed E-state index contributed by atoms with van der Waals surface area (Å²) in [6, 6.07) is 14.6. The molecule has 0 unspecified atom stereocenters. The fourth-order valence-corrected chi connectivity index (χ4v) is 3.48. The summed E-state index contributed by atoms with van der Waals surface area (Å²) in [4.78, 5) is 11.8. The third kappa shape index (κ3) is 4.57. The fourth-order valence-electron chi connectivity index (χ4n) is 2.10. The first kappa shape index (κ1) is 18.9. The molecule has 0 atom stereocenters. The molecule has 25 heavy (non-hydrogen) atoms. The van der Waals surface area contributed by atoms with E-state index in [1.807, 2.05) is 30.3 Å². The molecule has 0 aliphatic rings. The number of nitriles is 1. The van der Waals surface area contributed by atoms with Gasteiger partial charge in [-0.2, -0.15) is 9.57 Å². The smallest absolute Gasteiger partial charge is 0.340 e. The minimum Gasteiger partial charge on any atom is -0.447 e. The highest BCUT2D eigenvalue weighted by molar-refractivity contribution is 7.89. The van der Waals surface area contributed by atoms with Gasteiger partial charge in [-0.1, -0.05) is 41.9 Å². The van der Waals surface area contributed by atoms with E-state index in [0.29, 0.717) is 0 Å². The largest absolute Gasteiger partial charge is 0.447 e. The van der Waals surface area contributed by atoms with Gasteiger partial charge in [0.15, 0.2) is 6.61 Å². The van der Waals surface area contributed by atoms with Gasteiger partial charge >= 0.3 is 5.97 Å². The molecule has 0 aromatic heterocycles. The molecule has 0 bridgehead atoms. The Morgan fingerprint density at radius 3 is 2.56 bits per heavy atom. The van der Waals surface area contributed by atoms with Crippen molar-refractivity contribution in [2.75, 3.05) is 13.7 Å². The number of halogens is 1. The lowest BCUT2D eigenvalue weighted by Crippen LogP contribution is -2.26. The van der Waals surface area contributed by atoms with Gasteiger partial charge in [-0.3, -0.25) is 0 Å². The average Bonchev–Trinajstić information content (AvgIpc) is 2.60. The summed E-state index contributed by atoms with van der Waals surface area (Å²) in [5.41, 5.74) is 0.724. The van der Waals surface area contributed by atoms with Gasteiger partial charge in [0.25, 0.3) is 0 Å². The van der Waals surface area contributed by atoms with Crippen LogP contribution in [0.2, 0.25) is 5.02 Å². The number of rotatable bonds is 6. The van der Waals surface area contributed by atoms with E-state index in [4.69, 9.17) is 16.9 Å². The summed E-state index contributed by atoms with van der Waals surface area (Å²) in [5, 5.41) is 8.51. The zero-order valence-corrected chi connectivity index (χ0v) is 14.9. The number of sulfonamides is 1. The number of esters is 1. The Morgan fingerprint density at radius 2 is 1.92 bits per heavy atom. The first-order valence-electron chi connectivity index (χ1n) is 7.20. The predicted octanol–water partition coefficient (Wildman–Crippen LogP) is 2.84. The van der Waals surface area contributed by atoms with Crippen LogP contribution in [0.4, 0.5) is 0 Å². The van der Waals surface area contributed by atoms with Gasteiger partial charge in [0.1, 0.15) is 6.07 Å². The van der Waals surface area contributed by atoms with Gasteiger partial charge in [0, 0.05) is 13.6 Å². The van der Waals surface area contributed by atoms with Crippen molar-refractivity contribution < 1.29 is 17.9 Å². The molecule has 130 valence electrons. The van der Waals surface area contributed by atoms with Gasteiger partial charge in [-0.05, 0) is 23.8 Å². The number of nitrogens with zero attached hydrogens (tertiary/aromatic N) is 2. The van der Waals surface area contributed by atoms with Crippen LogP contribution in [0.15, 0.2) is 53.4 Å². The zero-order valence-electron chi connectivity index (χ0n) is 13.3. The molecule has 0 radical (unpaired) electrons. The molecule has 0 spiro atoms. The van der Waals surface area contributed by atoms with E-state index in [0.717, 1.165) is 11.6 Å². The summed E-state index contributed by atoms with van der Waals surface area (Å²) in [5.74, 6) is -0.852. The monoisotopic (exact) mass is 378 g/mol. The predicted molar refractivity (Wildman–Crippen MR) is 92.4 cm³/mol.